The van der Waals surface area contributed by atoms with Crippen LogP contribution in [-0.2, 0) is 0 Å². The van der Waals surface area contributed by atoms with Crippen molar-refractivity contribution >= 4 is 28.6 Å². The first-order chi connectivity index (χ1) is 14.8. The van der Waals surface area contributed by atoms with Gasteiger partial charge in [-0.2, -0.15) is 15.9 Å². The van der Waals surface area contributed by atoms with Crippen molar-refractivity contribution in [1.29, 1.82) is 0 Å². The molecule has 1 saturated heterocycles. The van der Waals surface area contributed by atoms with Gasteiger partial charge in [-0.15, -0.1) is 15.3 Å². The Morgan fingerprint density at radius 1 is 1.10 bits per heavy atom. The number of anilines is 2. The van der Waals surface area contributed by atoms with E-state index in [1.54, 1.807) is 11.3 Å². The molecule has 0 aliphatic carbocycles. The maximum atomic E-state index is 4.89. The van der Waals surface area contributed by atoms with Crippen LogP contribution in [0.5, 0.6) is 0 Å². The fourth-order valence-corrected chi connectivity index (χ4v) is 4.74. The van der Waals surface area contributed by atoms with E-state index in [4.69, 9.17) is 5.10 Å². The molecule has 4 aromatic heterocycles. The summed E-state index contributed by atoms with van der Waals surface area (Å²) in [5, 5.41) is 17.6. The van der Waals surface area contributed by atoms with Gasteiger partial charge in [0.25, 0.3) is 0 Å². The standard InChI is InChI=1S/C22H25N7S/c1-2-27(15-17-8-12-28(13-9-17)19-5-3-4-11-23-19)21-7-6-20-24-25-22(29(20)26-21)18-10-14-30-16-18/h3-7,10-11,14,16-17H,2,8-9,12-13,15H2,1H3. The van der Waals surface area contributed by atoms with Gasteiger partial charge in [0.15, 0.2) is 11.5 Å². The quantitative estimate of drug-likeness (QED) is 0.471. The highest BCUT2D eigenvalue weighted by molar-refractivity contribution is 7.08. The van der Waals surface area contributed by atoms with E-state index in [0.717, 1.165) is 54.8 Å². The van der Waals surface area contributed by atoms with Gasteiger partial charge in [0.05, 0.1) is 0 Å². The zero-order valence-corrected chi connectivity index (χ0v) is 17.9. The lowest BCUT2D eigenvalue weighted by Crippen LogP contribution is -2.39. The van der Waals surface area contributed by atoms with Crippen LogP contribution in [0.4, 0.5) is 11.6 Å². The second kappa shape index (κ2) is 8.39. The first-order valence-corrected chi connectivity index (χ1v) is 11.4. The van der Waals surface area contributed by atoms with Gasteiger partial charge >= 0.3 is 0 Å². The van der Waals surface area contributed by atoms with Gasteiger partial charge in [-0.05, 0) is 61.4 Å². The molecule has 0 amide bonds. The molecule has 30 heavy (non-hydrogen) atoms. The summed E-state index contributed by atoms with van der Waals surface area (Å²) in [6.45, 7) is 6.25. The van der Waals surface area contributed by atoms with Crippen molar-refractivity contribution in [2.24, 2.45) is 5.92 Å². The Balaban J connectivity index is 1.30. The molecular weight excluding hydrogens is 394 g/mol. The number of pyridine rings is 1. The average Bonchev–Trinajstić information content (AvgIpc) is 3.48. The van der Waals surface area contributed by atoms with Crippen molar-refractivity contribution in [3.8, 4) is 11.4 Å². The Labute approximate surface area is 180 Å². The van der Waals surface area contributed by atoms with Crippen LogP contribution in [-0.4, -0.2) is 51.0 Å². The summed E-state index contributed by atoms with van der Waals surface area (Å²) in [6, 6.07) is 12.3. The Kier molecular flexibility index (Phi) is 5.31. The molecule has 1 aliphatic rings. The van der Waals surface area contributed by atoms with Gasteiger partial charge < -0.3 is 9.80 Å². The minimum absolute atomic E-state index is 0.652. The second-order valence-corrected chi connectivity index (χ2v) is 8.43. The van der Waals surface area contributed by atoms with Crippen LogP contribution in [0.1, 0.15) is 19.8 Å². The van der Waals surface area contributed by atoms with Crippen LogP contribution < -0.4 is 9.80 Å². The van der Waals surface area contributed by atoms with Crippen LogP contribution in [0.2, 0.25) is 0 Å². The number of thiophene rings is 1. The van der Waals surface area contributed by atoms with Gasteiger partial charge in [-0.1, -0.05) is 6.07 Å². The summed E-state index contributed by atoms with van der Waals surface area (Å²) in [4.78, 5) is 9.26. The van der Waals surface area contributed by atoms with Crippen molar-refractivity contribution in [1.82, 2.24) is 24.8 Å². The molecule has 4 aromatic rings. The summed E-state index contributed by atoms with van der Waals surface area (Å²) in [5.41, 5.74) is 1.83. The third-order valence-electron chi connectivity index (χ3n) is 5.80. The Bertz CT molecular complexity index is 1090. The lowest BCUT2D eigenvalue weighted by atomic mass is 9.96. The largest absolute Gasteiger partial charge is 0.357 e. The highest BCUT2D eigenvalue weighted by atomic mass is 32.1. The van der Waals surface area contributed by atoms with E-state index in [-0.39, 0.29) is 0 Å². The molecule has 5 heterocycles. The van der Waals surface area contributed by atoms with Crippen molar-refractivity contribution in [2.45, 2.75) is 19.8 Å². The van der Waals surface area contributed by atoms with Gasteiger partial charge in [-0.25, -0.2) is 4.98 Å². The summed E-state index contributed by atoms with van der Waals surface area (Å²) in [7, 11) is 0. The fraction of sp³-hybridized carbons (Fsp3) is 0.364. The molecule has 0 saturated carbocycles. The van der Waals surface area contributed by atoms with Crippen LogP contribution >= 0.6 is 11.3 Å². The summed E-state index contributed by atoms with van der Waals surface area (Å²) >= 11 is 1.66. The number of hydrogen-bond donors (Lipinski definition) is 0. The van der Waals surface area contributed by atoms with E-state index < -0.39 is 0 Å². The Morgan fingerprint density at radius 3 is 2.73 bits per heavy atom. The van der Waals surface area contributed by atoms with Crippen LogP contribution in [0.25, 0.3) is 17.0 Å². The van der Waals surface area contributed by atoms with Crippen molar-refractivity contribution in [3.63, 3.8) is 0 Å². The lowest BCUT2D eigenvalue weighted by molar-refractivity contribution is 0.402. The van der Waals surface area contributed by atoms with Crippen LogP contribution in [0.3, 0.4) is 0 Å². The van der Waals surface area contributed by atoms with E-state index in [1.165, 1.54) is 12.8 Å². The molecule has 1 fully saturated rings. The molecule has 0 bridgehead atoms. The number of hydrogen-bond acceptors (Lipinski definition) is 7. The first kappa shape index (κ1) is 19.0. The predicted octanol–water partition coefficient (Wildman–Crippen LogP) is 3.99. The molecular formula is C22H25N7S. The minimum Gasteiger partial charge on any atom is -0.357 e. The topological polar surface area (TPSA) is 62.5 Å². The third-order valence-corrected chi connectivity index (χ3v) is 6.48. The normalized spacial score (nSPS) is 15.0. The summed E-state index contributed by atoms with van der Waals surface area (Å²) in [5.74, 6) is 3.52. The molecule has 0 unspecified atom stereocenters. The number of nitrogens with zero attached hydrogens (tertiary/aromatic N) is 7. The zero-order valence-electron chi connectivity index (χ0n) is 17.1. The lowest BCUT2D eigenvalue weighted by Gasteiger charge is -2.35. The zero-order chi connectivity index (χ0) is 20.3. The third kappa shape index (κ3) is 3.75. The van der Waals surface area contributed by atoms with Gasteiger partial charge in [0, 0.05) is 43.3 Å². The van der Waals surface area contributed by atoms with Gasteiger partial charge in [-0.3, -0.25) is 0 Å². The smallest absolute Gasteiger partial charge is 0.186 e. The average molecular weight is 420 g/mol. The maximum Gasteiger partial charge on any atom is 0.186 e. The Morgan fingerprint density at radius 2 is 2.00 bits per heavy atom. The minimum atomic E-state index is 0.652. The molecule has 8 heteroatoms. The van der Waals surface area contributed by atoms with E-state index in [2.05, 4.69) is 66.9 Å². The van der Waals surface area contributed by atoms with E-state index in [0.29, 0.717) is 5.92 Å². The SMILES string of the molecule is CCN(CC1CCN(c2ccccn2)CC1)c1ccc2nnc(-c3ccsc3)n2n1. The summed E-state index contributed by atoms with van der Waals surface area (Å²) < 4.78 is 1.86. The first-order valence-electron chi connectivity index (χ1n) is 10.5. The molecule has 0 aromatic carbocycles. The Hall–Kier alpha value is -3.00. The molecule has 0 N–H and O–H groups in total. The van der Waals surface area contributed by atoms with Crippen LogP contribution in [0, 0.1) is 5.92 Å². The van der Waals surface area contributed by atoms with Gasteiger partial charge in [0.2, 0.25) is 0 Å². The van der Waals surface area contributed by atoms with Gasteiger partial charge in [0.1, 0.15) is 11.6 Å². The van der Waals surface area contributed by atoms with E-state index >= 15 is 0 Å². The molecule has 5 rings (SSSR count). The highest BCUT2D eigenvalue weighted by Gasteiger charge is 2.23. The monoisotopic (exact) mass is 419 g/mol. The van der Waals surface area contributed by atoms with E-state index in [1.807, 2.05) is 22.8 Å². The molecule has 154 valence electrons. The second-order valence-electron chi connectivity index (χ2n) is 7.65. The number of fused-ring (bicyclic) bond motifs is 1. The molecule has 1 aliphatic heterocycles. The molecule has 0 spiro atoms. The number of aromatic nitrogens is 5. The maximum absolute atomic E-state index is 4.89. The highest BCUT2D eigenvalue weighted by Crippen LogP contribution is 2.25. The van der Waals surface area contributed by atoms with Crippen molar-refractivity contribution < 1.29 is 0 Å². The fourth-order valence-electron chi connectivity index (χ4n) is 4.10. The number of rotatable bonds is 6. The predicted molar refractivity (Wildman–Crippen MR) is 121 cm³/mol. The summed E-state index contributed by atoms with van der Waals surface area (Å²) in [6.07, 6.45) is 4.21. The van der Waals surface area contributed by atoms with Crippen LogP contribution in [0.15, 0.2) is 53.4 Å². The van der Waals surface area contributed by atoms with Crippen molar-refractivity contribution in [2.75, 3.05) is 36.0 Å². The van der Waals surface area contributed by atoms with Crippen molar-refractivity contribution in [3.05, 3.63) is 53.4 Å². The molecule has 0 radical (unpaired) electrons. The molecule has 0 atom stereocenters. The molecule has 7 nitrogen and oxygen atoms in total. The van der Waals surface area contributed by atoms with E-state index in [9.17, 15) is 0 Å². The number of piperidine rings is 1.